The number of fused-ring (bicyclic) bond motifs is 4. The molecule has 30 heavy (non-hydrogen) atoms. The fourth-order valence-corrected chi connectivity index (χ4v) is 5.18. The molecule has 3 aliphatic rings. The number of piperazine rings is 1. The first-order chi connectivity index (χ1) is 14.8. The maximum atomic E-state index is 13.1. The van der Waals surface area contributed by atoms with Crippen LogP contribution in [0.5, 0.6) is 5.75 Å². The number of nitrogens with one attached hydrogen (secondary N) is 1. The van der Waals surface area contributed by atoms with Gasteiger partial charge >= 0.3 is 0 Å². The lowest BCUT2D eigenvalue weighted by Gasteiger charge is -2.38. The molecule has 0 amide bonds. The van der Waals surface area contributed by atoms with Gasteiger partial charge in [0.1, 0.15) is 12.4 Å². The van der Waals surface area contributed by atoms with Crippen molar-refractivity contribution in [3.63, 3.8) is 0 Å². The van der Waals surface area contributed by atoms with E-state index in [0.29, 0.717) is 18.4 Å². The summed E-state index contributed by atoms with van der Waals surface area (Å²) >= 11 is 0. The highest BCUT2D eigenvalue weighted by Crippen LogP contribution is 2.31. The molecule has 5 rings (SSSR count). The fourth-order valence-electron chi connectivity index (χ4n) is 5.18. The Balaban J connectivity index is 1.13. The van der Waals surface area contributed by atoms with Crippen molar-refractivity contribution in [2.45, 2.75) is 25.4 Å². The van der Waals surface area contributed by atoms with E-state index in [9.17, 15) is 4.79 Å². The Hall–Kier alpha value is -2.15. The number of hydrogen-bond donors (Lipinski definition) is 1. The standard InChI is InChI=1S/C24H32N4O2/c29-24-20(6-7-23-21-14-19(15-25-16-21)17-28(23)24)18-27-10-8-26(9-11-27)12-13-30-22-4-2-1-3-5-22/h1-7,19,21,25H,8-18H2/t19-,21+/m0/s1. The molecule has 0 spiro atoms. The van der Waals surface area contributed by atoms with Crippen LogP contribution in [0.1, 0.15) is 23.6 Å². The lowest BCUT2D eigenvalue weighted by atomic mass is 9.84. The van der Waals surface area contributed by atoms with Gasteiger partial charge in [-0.2, -0.15) is 0 Å². The third-order valence-corrected chi connectivity index (χ3v) is 6.87. The summed E-state index contributed by atoms with van der Waals surface area (Å²) in [6, 6.07) is 14.3. The van der Waals surface area contributed by atoms with Crippen LogP contribution in [-0.2, 0) is 13.1 Å². The second-order valence-electron chi connectivity index (χ2n) is 8.94. The minimum absolute atomic E-state index is 0.239. The summed E-state index contributed by atoms with van der Waals surface area (Å²) in [5.74, 6) is 2.04. The SMILES string of the molecule is O=c1c(CN2CCN(CCOc3ccccc3)CC2)ccc2n1C[C@@H]1CNC[C@H]2C1. The number of benzene rings is 1. The van der Waals surface area contributed by atoms with Crippen molar-refractivity contribution < 1.29 is 4.74 Å². The number of piperidine rings is 1. The smallest absolute Gasteiger partial charge is 0.255 e. The van der Waals surface area contributed by atoms with Gasteiger partial charge in [-0.15, -0.1) is 0 Å². The summed E-state index contributed by atoms with van der Waals surface area (Å²) in [6.45, 7) is 9.41. The normalized spacial score (nSPS) is 24.4. The molecule has 3 aliphatic heterocycles. The van der Waals surface area contributed by atoms with Crippen LogP contribution >= 0.6 is 0 Å². The predicted octanol–water partition coefficient (Wildman–Crippen LogP) is 1.75. The summed E-state index contributed by atoms with van der Waals surface area (Å²) in [5, 5.41) is 3.52. The molecule has 1 N–H and O–H groups in total. The maximum Gasteiger partial charge on any atom is 0.255 e. The number of para-hydroxylation sites is 1. The zero-order chi connectivity index (χ0) is 20.3. The first kappa shape index (κ1) is 19.8. The Labute approximate surface area is 178 Å². The zero-order valence-electron chi connectivity index (χ0n) is 17.6. The van der Waals surface area contributed by atoms with Crippen molar-refractivity contribution >= 4 is 0 Å². The van der Waals surface area contributed by atoms with E-state index >= 15 is 0 Å². The number of rotatable bonds is 6. The third-order valence-electron chi connectivity index (χ3n) is 6.87. The van der Waals surface area contributed by atoms with Crippen molar-refractivity contribution in [3.05, 3.63) is 64.1 Å². The van der Waals surface area contributed by atoms with Crippen LogP contribution in [0.25, 0.3) is 0 Å². The molecule has 0 unspecified atom stereocenters. The van der Waals surface area contributed by atoms with Gasteiger partial charge in [0.25, 0.3) is 5.56 Å². The van der Waals surface area contributed by atoms with Gasteiger partial charge in [0.05, 0.1) is 0 Å². The molecule has 1 aromatic carbocycles. The minimum Gasteiger partial charge on any atom is -0.492 e. The molecule has 4 heterocycles. The van der Waals surface area contributed by atoms with Crippen LogP contribution in [0.4, 0.5) is 0 Å². The van der Waals surface area contributed by atoms with Crippen molar-refractivity contribution in [2.24, 2.45) is 5.92 Å². The van der Waals surface area contributed by atoms with Gasteiger partial charge in [-0.3, -0.25) is 14.6 Å². The van der Waals surface area contributed by atoms with Crippen LogP contribution < -0.4 is 15.6 Å². The quantitative estimate of drug-likeness (QED) is 0.789. The van der Waals surface area contributed by atoms with Crippen LogP contribution in [0.3, 0.4) is 0 Å². The summed E-state index contributed by atoms with van der Waals surface area (Å²) in [4.78, 5) is 18.0. The van der Waals surface area contributed by atoms with E-state index in [-0.39, 0.29) is 5.56 Å². The molecule has 2 bridgehead atoms. The van der Waals surface area contributed by atoms with Crippen LogP contribution in [-0.4, -0.2) is 66.8 Å². The first-order valence-corrected chi connectivity index (χ1v) is 11.3. The highest BCUT2D eigenvalue weighted by Gasteiger charge is 2.31. The molecular formula is C24H32N4O2. The fraction of sp³-hybridized carbons (Fsp3) is 0.542. The monoisotopic (exact) mass is 408 g/mol. The lowest BCUT2D eigenvalue weighted by Crippen LogP contribution is -2.48. The van der Waals surface area contributed by atoms with Gasteiger partial charge in [0, 0.05) is 69.5 Å². The van der Waals surface area contributed by atoms with Gasteiger partial charge in [-0.1, -0.05) is 24.3 Å². The number of pyridine rings is 1. The average Bonchev–Trinajstić information content (AvgIpc) is 2.78. The minimum atomic E-state index is 0.239. The zero-order valence-corrected chi connectivity index (χ0v) is 17.6. The van der Waals surface area contributed by atoms with Crippen LogP contribution in [0.2, 0.25) is 0 Å². The Morgan fingerprint density at radius 2 is 1.77 bits per heavy atom. The summed E-state index contributed by atoms with van der Waals surface area (Å²) < 4.78 is 7.90. The van der Waals surface area contributed by atoms with E-state index in [1.54, 1.807) is 0 Å². The highest BCUT2D eigenvalue weighted by atomic mass is 16.5. The topological polar surface area (TPSA) is 49.7 Å². The van der Waals surface area contributed by atoms with E-state index in [0.717, 1.165) is 70.2 Å². The first-order valence-electron chi connectivity index (χ1n) is 11.3. The van der Waals surface area contributed by atoms with E-state index < -0.39 is 0 Å². The molecule has 0 radical (unpaired) electrons. The molecular weight excluding hydrogens is 376 g/mol. The van der Waals surface area contributed by atoms with E-state index in [2.05, 4.69) is 31.8 Å². The van der Waals surface area contributed by atoms with Crippen LogP contribution in [0, 0.1) is 5.92 Å². The molecule has 2 aromatic rings. The van der Waals surface area contributed by atoms with Crippen LogP contribution in [0.15, 0.2) is 47.3 Å². The molecule has 6 heteroatoms. The summed E-state index contributed by atoms with van der Waals surface area (Å²) in [7, 11) is 0. The van der Waals surface area contributed by atoms with Gasteiger partial charge in [-0.25, -0.2) is 0 Å². The number of nitrogens with zero attached hydrogens (tertiary/aromatic N) is 3. The van der Waals surface area contributed by atoms with E-state index in [4.69, 9.17) is 4.74 Å². The maximum absolute atomic E-state index is 13.1. The second kappa shape index (κ2) is 8.92. The van der Waals surface area contributed by atoms with Gasteiger partial charge < -0.3 is 14.6 Å². The van der Waals surface area contributed by atoms with Crippen molar-refractivity contribution in [3.8, 4) is 5.75 Å². The number of ether oxygens (including phenoxy) is 1. The van der Waals surface area contributed by atoms with Crippen molar-refractivity contribution in [1.82, 2.24) is 19.7 Å². The van der Waals surface area contributed by atoms with E-state index in [1.807, 2.05) is 30.3 Å². The molecule has 6 nitrogen and oxygen atoms in total. The molecule has 2 fully saturated rings. The molecule has 0 aliphatic carbocycles. The Morgan fingerprint density at radius 3 is 2.60 bits per heavy atom. The molecule has 2 atom stereocenters. The third kappa shape index (κ3) is 4.31. The molecule has 2 saturated heterocycles. The number of hydrogen-bond acceptors (Lipinski definition) is 5. The van der Waals surface area contributed by atoms with Crippen molar-refractivity contribution in [2.75, 3.05) is 52.4 Å². The predicted molar refractivity (Wildman–Crippen MR) is 118 cm³/mol. The average molecular weight is 409 g/mol. The molecule has 160 valence electrons. The lowest BCUT2D eigenvalue weighted by molar-refractivity contribution is 0.112. The highest BCUT2D eigenvalue weighted by molar-refractivity contribution is 5.22. The largest absolute Gasteiger partial charge is 0.492 e. The Bertz CT molecular complexity index is 905. The number of aromatic nitrogens is 1. The second-order valence-corrected chi connectivity index (χ2v) is 8.94. The van der Waals surface area contributed by atoms with Crippen molar-refractivity contribution in [1.29, 1.82) is 0 Å². The van der Waals surface area contributed by atoms with E-state index in [1.165, 1.54) is 12.1 Å². The van der Waals surface area contributed by atoms with Gasteiger partial charge in [0.15, 0.2) is 0 Å². The molecule has 0 saturated carbocycles. The molecule has 1 aromatic heterocycles. The Morgan fingerprint density at radius 1 is 0.967 bits per heavy atom. The summed E-state index contributed by atoms with van der Waals surface area (Å²) in [5.41, 5.74) is 2.42. The Kier molecular flexibility index (Phi) is 5.88. The van der Waals surface area contributed by atoms with Gasteiger partial charge in [-0.05, 0) is 37.1 Å². The summed E-state index contributed by atoms with van der Waals surface area (Å²) in [6.07, 6.45) is 1.22. The van der Waals surface area contributed by atoms with Gasteiger partial charge in [0.2, 0.25) is 0 Å².